The number of hydrogen-bond acceptors (Lipinski definition) is 3. The van der Waals surface area contributed by atoms with Crippen molar-refractivity contribution < 1.29 is 14.7 Å². The summed E-state index contributed by atoms with van der Waals surface area (Å²) in [7, 11) is 0. The molecule has 2 aromatic rings. The Labute approximate surface area is 145 Å². The summed E-state index contributed by atoms with van der Waals surface area (Å²) in [6.45, 7) is 0.993. The first-order valence-corrected chi connectivity index (χ1v) is 8.06. The number of anilines is 2. The lowest BCUT2D eigenvalue weighted by Gasteiger charge is -2.18. The Morgan fingerprint density at radius 2 is 2.00 bits per heavy atom. The molecule has 7 heteroatoms. The molecule has 0 aliphatic carbocycles. The monoisotopic (exact) mass is 340 g/mol. The van der Waals surface area contributed by atoms with Crippen LogP contribution in [0.2, 0.25) is 0 Å². The Morgan fingerprint density at radius 3 is 2.68 bits per heavy atom. The summed E-state index contributed by atoms with van der Waals surface area (Å²) in [5.74, 6) is 0. The maximum absolute atomic E-state index is 12.2. The van der Waals surface area contributed by atoms with Crippen molar-refractivity contribution in [2.24, 2.45) is 0 Å². The van der Waals surface area contributed by atoms with Gasteiger partial charge in [0.25, 0.3) is 0 Å². The molecule has 1 unspecified atom stereocenters. The molecule has 1 saturated heterocycles. The number of rotatable bonds is 5. The smallest absolute Gasteiger partial charge is 0.321 e. The van der Waals surface area contributed by atoms with Crippen LogP contribution in [0.15, 0.2) is 54.6 Å². The number of aliphatic hydroxyl groups is 1. The zero-order valence-corrected chi connectivity index (χ0v) is 13.6. The molecular weight excluding hydrogens is 320 g/mol. The first-order valence-electron chi connectivity index (χ1n) is 8.06. The van der Waals surface area contributed by atoms with Crippen molar-refractivity contribution in [2.45, 2.75) is 6.04 Å². The zero-order chi connectivity index (χ0) is 17.6. The first kappa shape index (κ1) is 16.8. The summed E-state index contributed by atoms with van der Waals surface area (Å²) in [4.78, 5) is 25.6. The van der Waals surface area contributed by atoms with Crippen LogP contribution in [0.4, 0.5) is 21.0 Å². The first-order chi connectivity index (χ1) is 12.2. The summed E-state index contributed by atoms with van der Waals surface area (Å²) in [5, 5.41) is 17.7. The molecule has 0 saturated carbocycles. The summed E-state index contributed by atoms with van der Waals surface area (Å²) in [6, 6.07) is 15.3. The van der Waals surface area contributed by atoms with Crippen molar-refractivity contribution >= 4 is 23.4 Å². The molecule has 130 valence electrons. The molecule has 7 nitrogen and oxygen atoms in total. The van der Waals surface area contributed by atoms with Gasteiger partial charge in [-0.05, 0) is 23.8 Å². The van der Waals surface area contributed by atoms with Crippen LogP contribution in [0.1, 0.15) is 11.6 Å². The van der Waals surface area contributed by atoms with Crippen LogP contribution in [0.5, 0.6) is 0 Å². The molecule has 1 fully saturated rings. The van der Waals surface area contributed by atoms with Gasteiger partial charge in [0, 0.05) is 24.5 Å². The highest BCUT2D eigenvalue weighted by Gasteiger charge is 2.21. The van der Waals surface area contributed by atoms with Crippen molar-refractivity contribution in [1.29, 1.82) is 0 Å². The fourth-order valence-electron chi connectivity index (χ4n) is 2.71. The lowest BCUT2D eigenvalue weighted by atomic mass is 10.1. The van der Waals surface area contributed by atoms with E-state index in [1.807, 2.05) is 36.4 Å². The Kier molecular flexibility index (Phi) is 5.15. The predicted molar refractivity (Wildman–Crippen MR) is 95.6 cm³/mol. The average Bonchev–Trinajstić information content (AvgIpc) is 3.06. The fraction of sp³-hybridized carbons (Fsp3) is 0.222. The van der Waals surface area contributed by atoms with E-state index in [2.05, 4.69) is 16.0 Å². The van der Waals surface area contributed by atoms with Gasteiger partial charge in [-0.1, -0.05) is 36.4 Å². The number of benzene rings is 2. The second kappa shape index (κ2) is 7.67. The largest absolute Gasteiger partial charge is 0.394 e. The predicted octanol–water partition coefficient (Wildman–Crippen LogP) is 2.07. The molecule has 4 N–H and O–H groups in total. The normalized spacial score (nSPS) is 14.8. The van der Waals surface area contributed by atoms with Crippen LogP contribution in [0.25, 0.3) is 0 Å². The molecule has 0 bridgehead atoms. The molecule has 1 aliphatic rings. The van der Waals surface area contributed by atoms with Gasteiger partial charge >= 0.3 is 12.1 Å². The molecule has 0 spiro atoms. The summed E-state index contributed by atoms with van der Waals surface area (Å²) < 4.78 is 0. The number of carbonyl (C=O) groups excluding carboxylic acids is 2. The van der Waals surface area contributed by atoms with Crippen molar-refractivity contribution in [1.82, 2.24) is 10.6 Å². The minimum atomic E-state index is -0.492. The Hall–Kier alpha value is -3.06. The van der Waals surface area contributed by atoms with E-state index >= 15 is 0 Å². The quantitative estimate of drug-likeness (QED) is 0.671. The number of urea groups is 2. The van der Waals surface area contributed by atoms with Crippen molar-refractivity contribution in [3.63, 3.8) is 0 Å². The topological polar surface area (TPSA) is 93.7 Å². The van der Waals surface area contributed by atoms with Gasteiger partial charge < -0.3 is 21.1 Å². The maximum atomic E-state index is 12.2. The van der Waals surface area contributed by atoms with Gasteiger partial charge in [0.1, 0.15) is 0 Å². The minimum Gasteiger partial charge on any atom is -0.394 e. The lowest BCUT2D eigenvalue weighted by molar-refractivity contribution is 0.225. The van der Waals surface area contributed by atoms with Crippen LogP contribution in [0.3, 0.4) is 0 Å². The summed E-state index contributed by atoms with van der Waals surface area (Å²) in [6.07, 6.45) is 0. The van der Waals surface area contributed by atoms with Crippen molar-refractivity contribution in [3.8, 4) is 0 Å². The van der Waals surface area contributed by atoms with Crippen molar-refractivity contribution in [3.05, 3.63) is 60.2 Å². The van der Waals surface area contributed by atoms with Crippen LogP contribution in [-0.4, -0.2) is 36.9 Å². The van der Waals surface area contributed by atoms with Crippen LogP contribution < -0.4 is 20.9 Å². The zero-order valence-electron chi connectivity index (χ0n) is 13.6. The van der Waals surface area contributed by atoms with E-state index in [0.717, 1.165) is 11.3 Å². The van der Waals surface area contributed by atoms with E-state index in [0.29, 0.717) is 18.8 Å². The van der Waals surface area contributed by atoms with E-state index in [1.165, 1.54) is 0 Å². The minimum absolute atomic E-state index is 0.147. The fourth-order valence-corrected chi connectivity index (χ4v) is 2.71. The number of nitrogens with one attached hydrogen (secondary N) is 3. The van der Waals surface area contributed by atoms with Gasteiger partial charge in [0.15, 0.2) is 0 Å². The van der Waals surface area contributed by atoms with E-state index in [4.69, 9.17) is 0 Å². The van der Waals surface area contributed by atoms with Crippen LogP contribution in [0, 0.1) is 0 Å². The SMILES string of the molecule is O=C(Nc1cccc(N2CCNC2=O)c1)NC(CO)c1ccccc1. The molecule has 1 heterocycles. The highest BCUT2D eigenvalue weighted by atomic mass is 16.3. The van der Waals surface area contributed by atoms with Gasteiger partial charge in [0.05, 0.1) is 12.6 Å². The van der Waals surface area contributed by atoms with Crippen molar-refractivity contribution in [2.75, 3.05) is 29.9 Å². The third kappa shape index (κ3) is 4.07. The van der Waals surface area contributed by atoms with Gasteiger partial charge in [-0.25, -0.2) is 9.59 Å². The molecule has 2 aromatic carbocycles. The molecular formula is C18H20N4O3. The standard InChI is InChI=1S/C18H20N4O3/c23-12-16(13-5-2-1-3-6-13)21-17(24)20-14-7-4-8-15(11-14)22-10-9-19-18(22)25/h1-8,11,16,23H,9-10,12H2,(H,19,25)(H2,20,21,24). The summed E-state index contributed by atoms with van der Waals surface area (Å²) >= 11 is 0. The van der Waals surface area contributed by atoms with Gasteiger partial charge in [-0.15, -0.1) is 0 Å². The number of amides is 4. The highest BCUT2D eigenvalue weighted by Crippen LogP contribution is 2.21. The third-order valence-corrected chi connectivity index (χ3v) is 3.96. The van der Waals surface area contributed by atoms with Gasteiger partial charge in [0.2, 0.25) is 0 Å². The number of nitrogens with zero attached hydrogens (tertiary/aromatic N) is 1. The molecule has 3 rings (SSSR count). The Morgan fingerprint density at radius 1 is 1.20 bits per heavy atom. The molecule has 1 atom stereocenters. The van der Waals surface area contributed by atoms with E-state index in [9.17, 15) is 14.7 Å². The lowest BCUT2D eigenvalue weighted by Crippen LogP contribution is -2.34. The molecule has 25 heavy (non-hydrogen) atoms. The number of carbonyl (C=O) groups is 2. The third-order valence-electron chi connectivity index (χ3n) is 3.96. The van der Waals surface area contributed by atoms with Crippen LogP contribution >= 0.6 is 0 Å². The highest BCUT2D eigenvalue weighted by molar-refractivity contribution is 5.95. The number of aliphatic hydroxyl groups excluding tert-OH is 1. The van der Waals surface area contributed by atoms with Gasteiger partial charge in [-0.2, -0.15) is 0 Å². The van der Waals surface area contributed by atoms with Crippen LogP contribution in [-0.2, 0) is 0 Å². The second-order valence-corrected chi connectivity index (χ2v) is 5.68. The second-order valence-electron chi connectivity index (χ2n) is 5.68. The summed E-state index contributed by atoms with van der Waals surface area (Å²) in [5.41, 5.74) is 2.11. The molecule has 0 radical (unpaired) electrons. The van der Waals surface area contributed by atoms with E-state index in [-0.39, 0.29) is 12.6 Å². The average molecular weight is 340 g/mol. The van der Waals surface area contributed by atoms with Gasteiger partial charge in [-0.3, -0.25) is 4.90 Å². The van der Waals surface area contributed by atoms with E-state index < -0.39 is 12.1 Å². The maximum Gasteiger partial charge on any atom is 0.321 e. The van der Waals surface area contributed by atoms with E-state index in [1.54, 1.807) is 23.1 Å². The molecule has 1 aliphatic heterocycles. The Bertz CT molecular complexity index is 751. The molecule has 4 amide bonds. The Balaban J connectivity index is 1.65. The number of hydrogen-bond donors (Lipinski definition) is 4. The molecule has 0 aromatic heterocycles.